The lowest BCUT2D eigenvalue weighted by atomic mass is 10.1. The minimum absolute atomic E-state index is 0.0984. The maximum Gasteiger partial charge on any atom is 0.0684 e. The van der Waals surface area contributed by atoms with E-state index in [-0.39, 0.29) is 12.1 Å². The van der Waals surface area contributed by atoms with Gasteiger partial charge in [0.25, 0.3) is 0 Å². The molecule has 0 radical (unpaired) electrons. The summed E-state index contributed by atoms with van der Waals surface area (Å²) in [6.45, 7) is 4.61. The molecular formula is C10H14Br2N2O. The van der Waals surface area contributed by atoms with Crippen LogP contribution in [-0.2, 0) is 6.54 Å². The highest BCUT2D eigenvalue weighted by Gasteiger charge is 2.15. The molecule has 0 amide bonds. The number of halogens is 2. The van der Waals surface area contributed by atoms with E-state index in [4.69, 9.17) is 5.11 Å². The van der Waals surface area contributed by atoms with Crippen LogP contribution in [0.5, 0.6) is 0 Å². The maximum absolute atomic E-state index is 9.08. The van der Waals surface area contributed by atoms with Crippen LogP contribution in [0.4, 0.5) is 0 Å². The fourth-order valence-electron chi connectivity index (χ4n) is 0.952. The summed E-state index contributed by atoms with van der Waals surface area (Å²) in [7, 11) is 0. The Kier molecular flexibility index (Phi) is 4.70. The summed E-state index contributed by atoms with van der Waals surface area (Å²) in [6, 6.07) is 1.95. The van der Waals surface area contributed by atoms with Gasteiger partial charge in [0.2, 0.25) is 0 Å². The van der Waals surface area contributed by atoms with Gasteiger partial charge in [-0.1, -0.05) is 0 Å². The fourth-order valence-corrected chi connectivity index (χ4v) is 2.08. The third-order valence-electron chi connectivity index (χ3n) is 2.01. The molecule has 0 aliphatic rings. The number of aromatic nitrogens is 1. The van der Waals surface area contributed by atoms with Crippen molar-refractivity contribution in [2.24, 2.45) is 0 Å². The van der Waals surface area contributed by atoms with Gasteiger partial charge in [0.05, 0.1) is 12.3 Å². The lowest BCUT2D eigenvalue weighted by Crippen LogP contribution is -2.42. The molecule has 1 rings (SSSR count). The molecule has 84 valence electrons. The van der Waals surface area contributed by atoms with Gasteiger partial charge >= 0.3 is 0 Å². The first kappa shape index (κ1) is 13.1. The van der Waals surface area contributed by atoms with Gasteiger partial charge in [-0.3, -0.25) is 4.98 Å². The van der Waals surface area contributed by atoms with E-state index in [9.17, 15) is 0 Å². The standard InChI is InChI=1S/C10H14Br2N2O/c1-10(2,6-15)14-5-9-8(12)3-7(11)4-13-9/h3-4,14-15H,5-6H2,1-2H3. The Balaban J connectivity index is 2.66. The summed E-state index contributed by atoms with van der Waals surface area (Å²) in [4.78, 5) is 4.28. The van der Waals surface area contributed by atoms with E-state index < -0.39 is 0 Å². The largest absolute Gasteiger partial charge is 0.394 e. The zero-order valence-corrected chi connectivity index (χ0v) is 11.9. The highest BCUT2D eigenvalue weighted by molar-refractivity contribution is 9.11. The smallest absolute Gasteiger partial charge is 0.0684 e. The molecule has 0 bridgehead atoms. The van der Waals surface area contributed by atoms with Crippen LogP contribution in [0.2, 0.25) is 0 Å². The second-order valence-electron chi connectivity index (χ2n) is 3.98. The van der Waals surface area contributed by atoms with Gasteiger partial charge in [0, 0.05) is 27.2 Å². The molecule has 5 heteroatoms. The lowest BCUT2D eigenvalue weighted by Gasteiger charge is -2.23. The van der Waals surface area contributed by atoms with Crippen molar-refractivity contribution >= 4 is 31.9 Å². The van der Waals surface area contributed by atoms with Crippen molar-refractivity contribution in [3.63, 3.8) is 0 Å². The number of pyridine rings is 1. The molecule has 2 N–H and O–H groups in total. The van der Waals surface area contributed by atoms with Crippen molar-refractivity contribution in [2.45, 2.75) is 25.9 Å². The minimum Gasteiger partial charge on any atom is -0.394 e. The molecule has 0 fully saturated rings. The van der Waals surface area contributed by atoms with E-state index in [0.717, 1.165) is 14.6 Å². The highest BCUT2D eigenvalue weighted by atomic mass is 79.9. The van der Waals surface area contributed by atoms with Gasteiger partial charge in [0.15, 0.2) is 0 Å². The molecule has 0 saturated heterocycles. The normalized spacial score (nSPS) is 11.8. The molecule has 0 atom stereocenters. The number of hydrogen-bond donors (Lipinski definition) is 2. The van der Waals surface area contributed by atoms with E-state index in [0.29, 0.717) is 6.54 Å². The van der Waals surface area contributed by atoms with E-state index in [2.05, 4.69) is 42.2 Å². The van der Waals surface area contributed by atoms with Gasteiger partial charge in [-0.05, 0) is 51.8 Å². The third kappa shape index (κ3) is 4.18. The molecule has 1 aromatic rings. The van der Waals surface area contributed by atoms with Crippen LogP contribution in [0.25, 0.3) is 0 Å². The second-order valence-corrected chi connectivity index (χ2v) is 5.75. The van der Waals surface area contributed by atoms with Crippen LogP contribution in [0.15, 0.2) is 21.2 Å². The summed E-state index contributed by atoms with van der Waals surface area (Å²) in [5.41, 5.74) is 0.647. The van der Waals surface area contributed by atoms with Crippen molar-refractivity contribution in [2.75, 3.05) is 6.61 Å². The first-order chi connectivity index (χ1) is 6.94. The number of aliphatic hydroxyl groups excluding tert-OH is 1. The molecule has 0 saturated carbocycles. The van der Waals surface area contributed by atoms with Gasteiger partial charge in [-0.25, -0.2) is 0 Å². The number of nitrogens with one attached hydrogen (secondary N) is 1. The number of aliphatic hydroxyl groups is 1. The average molecular weight is 338 g/mol. The minimum atomic E-state index is -0.284. The average Bonchev–Trinajstić information content (AvgIpc) is 2.16. The van der Waals surface area contributed by atoms with Crippen molar-refractivity contribution in [3.8, 4) is 0 Å². The summed E-state index contributed by atoms with van der Waals surface area (Å²) in [5, 5.41) is 12.3. The number of hydrogen-bond acceptors (Lipinski definition) is 3. The molecular weight excluding hydrogens is 324 g/mol. The lowest BCUT2D eigenvalue weighted by molar-refractivity contribution is 0.187. The molecule has 0 aliphatic carbocycles. The van der Waals surface area contributed by atoms with E-state index >= 15 is 0 Å². The summed E-state index contributed by atoms with van der Waals surface area (Å²) >= 11 is 6.79. The molecule has 0 unspecified atom stereocenters. The molecule has 0 aliphatic heterocycles. The molecule has 3 nitrogen and oxygen atoms in total. The van der Waals surface area contributed by atoms with Crippen molar-refractivity contribution in [3.05, 3.63) is 26.9 Å². The Bertz CT molecular complexity index is 342. The Morgan fingerprint density at radius 1 is 1.47 bits per heavy atom. The van der Waals surface area contributed by atoms with E-state index in [1.807, 2.05) is 19.9 Å². The Labute approximate surface area is 107 Å². The van der Waals surface area contributed by atoms with Crippen LogP contribution in [0.1, 0.15) is 19.5 Å². The number of rotatable bonds is 4. The summed E-state index contributed by atoms with van der Waals surface area (Å²) in [6.07, 6.45) is 1.76. The zero-order valence-electron chi connectivity index (χ0n) is 8.72. The van der Waals surface area contributed by atoms with Crippen LogP contribution in [0, 0.1) is 0 Å². The molecule has 0 aromatic carbocycles. The van der Waals surface area contributed by atoms with Crippen molar-refractivity contribution in [1.29, 1.82) is 0 Å². The number of nitrogens with zero attached hydrogens (tertiary/aromatic N) is 1. The SMILES string of the molecule is CC(C)(CO)NCc1ncc(Br)cc1Br. The van der Waals surface area contributed by atoms with Crippen molar-refractivity contribution in [1.82, 2.24) is 10.3 Å². The Morgan fingerprint density at radius 2 is 2.13 bits per heavy atom. The predicted molar refractivity (Wildman–Crippen MR) is 67.6 cm³/mol. The van der Waals surface area contributed by atoms with Crippen LogP contribution < -0.4 is 5.32 Å². The summed E-state index contributed by atoms with van der Waals surface area (Å²) < 4.78 is 1.90. The van der Waals surface area contributed by atoms with E-state index in [1.165, 1.54) is 0 Å². The van der Waals surface area contributed by atoms with Crippen molar-refractivity contribution < 1.29 is 5.11 Å². The van der Waals surface area contributed by atoms with Gasteiger partial charge in [-0.2, -0.15) is 0 Å². The monoisotopic (exact) mass is 336 g/mol. The first-order valence-corrected chi connectivity index (χ1v) is 6.19. The quantitative estimate of drug-likeness (QED) is 0.887. The molecule has 1 heterocycles. The first-order valence-electron chi connectivity index (χ1n) is 4.60. The Morgan fingerprint density at radius 3 is 2.67 bits per heavy atom. The molecule has 15 heavy (non-hydrogen) atoms. The van der Waals surface area contributed by atoms with Gasteiger partial charge in [0.1, 0.15) is 0 Å². The van der Waals surface area contributed by atoms with Crippen LogP contribution >= 0.6 is 31.9 Å². The maximum atomic E-state index is 9.08. The van der Waals surface area contributed by atoms with E-state index in [1.54, 1.807) is 6.20 Å². The molecule has 0 spiro atoms. The highest BCUT2D eigenvalue weighted by Crippen LogP contribution is 2.19. The van der Waals surface area contributed by atoms with Gasteiger partial charge in [-0.15, -0.1) is 0 Å². The third-order valence-corrected chi connectivity index (χ3v) is 3.13. The fraction of sp³-hybridized carbons (Fsp3) is 0.500. The van der Waals surface area contributed by atoms with Crippen LogP contribution in [-0.4, -0.2) is 22.2 Å². The predicted octanol–water partition coefficient (Wildman–Crippen LogP) is 2.47. The zero-order chi connectivity index (χ0) is 11.5. The topological polar surface area (TPSA) is 45.1 Å². The molecule has 1 aromatic heterocycles. The Hall–Kier alpha value is 0.0300. The van der Waals surface area contributed by atoms with Crippen LogP contribution in [0.3, 0.4) is 0 Å². The summed E-state index contributed by atoms with van der Waals surface area (Å²) in [5.74, 6) is 0. The second kappa shape index (κ2) is 5.39. The van der Waals surface area contributed by atoms with Gasteiger partial charge < -0.3 is 10.4 Å².